The van der Waals surface area contributed by atoms with Gasteiger partial charge >= 0.3 is 6.18 Å². The predicted molar refractivity (Wildman–Crippen MR) is 65.3 cm³/mol. The van der Waals surface area contributed by atoms with E-state index in [9.17, 15) is 13.2 Å². The minimum Gasteiger partial charge on any atom is -0.387 e. The average Bonchev–Trinajstić information content (AvgIpc) is 2.15. The summed E-state index contributed by atoms with van der Waals surface area (Å²) in [6, 6.07) is 3.49. The Kier molecular flexibility index (Phi) is 4.56. The van der Waals surface area contributed by atoms with Gasteiger partial charge in [0.25, 0.3) is 0 Å². The number of nitrogens with two attached hydrogens (primary N) is 1. The Bertz CT molecular complexity index is 427. The van der Waals surface area contributed by atoms with Crippen LogP contribution in [0.4, 0.5) is 18.9 Å². The lowest BCUT2D eigenvalue weighted by atomic mass is 10.2. The molecule has 94 valence electrons. The van der Waals surface area contributed by atoms with Crippen molar-refractivity contribution in [2.24, 2.45) is 10.7 Å². The molecule has 0 heterocycles. The molecule has 0 amide bonds. The average molecular weight is 309 g/mol. The zero-order valence-electron chi connectivity index (χ0n) is 9.18. The molecular formula is C11H12BrF3N2. The second-order valence-corrected chi connectivity index (χ2v) is 4.46. The van der Waals surface area contributed by atoms with Crippen molar-refractivity contribution in [2.45, 2.75) is 25.9 Å². The second kappa shape index (κ2) is 5.53. The van der Waals surface area contributed by atoms with Gasteiger partial charge < -0.3 is 5.73 Å². The number of nitrogens with zero attached hydrogens (tertiary/aromatic N) is 1. The van der Waals surface area contributed by atoms with Gasteiger partial charge in [0.15, 0.2) is 0 Å². The van der Waals surface area contributed by atoms with Crippen molar-refractivity contribution in [2.75, 3.05) is 0 Å². The van der Waals surface area contributed by atoms with Crippen molar-refractivity contribution in [3.63, 3.8) is 0 Å². The number of aliphatic imine (C=N–C) groups is 1. The molecule has 0 fully saturated rings. The monoisotopic (exact) mass is 308 g/mol. The second-order valence-electron chi connectivity index (χ2n) is 3.55. The van der Waals surface area contributed by atoms with Gasteiger partial charge in [-0.05, 0) is 24.6 Å². The lowest BCUT2D eigenvalue weighted by Gasteiger charge is -2.08. The van der Waals surface area contributed by atoms with Gasteiger partial charge in [-0.2, -0.15) is 13.2 Å². The summed E-state index contributed by atoms with van der Waals surface area (Å²) >= 11 is 3.02. The van der Waals surface area contributed by atoms with Crippen LogP contribution in [0.25, 0.3) is 0 Å². The molecule has 0 saturated carbocycles. The number of alkyl halides is 3. The number of rotatable bonds is 3. The smallest absolute Gasteiger partial charge is 0.387 e. The van der Waals surface area contributed by atoms with E-state index < -0.39 is 11.7 Å². The van der Waals surface area contributed by atoms with Gasteiger partial charge in [0.1, 0.15) is 0 Å². The molecule has 2 nitrogen and oxygen atoms in total. The summed E-state index contributed by atoms with van der Waals surface area (Å²) in [5.41, 5.74) is 5.04. The molecule has 0 atom stereocenters. The highest BCUT2D eigenvalue weighted by Gasteiger charge is 2.31. The molecule has 2 N–H and O–H groups in total. The van der Waals surface area contributed by atoms with Crippen molar-refractivity contribution in [3.05, 3.63) is 28.2 Å². The molecule has 0 spiro atoms. The standard InChI is InChI=1S/C11H12BrF3N2/c1-2-3-10(16)17-9-5-7(11(13,14)15)4-8(12)6-9/h4-6H,2-3H2,1H3,(H2,16,17). The fourth-order valence-electron chi connectivity index (χ4n) is 1.28. The zero-order valence-corrected chi connectivity index (χ0v) is 10.8. The lowest BCUT2D eigenvalue weighted by Crippen LogP contribution is -2.10. The molecule has 0 aliphatic heterocycles. The molecule has 0 bridgehead atoms. The van der Waals surface area contributed by atoms with E-state index in [4.69, 9.17) is 5.73 Å². The van der Waals surface area contributed by atoms with Gasteiger partial charge in [-0.3, -0.25) is 0 Å². The fourth-order valence-corrected chi connectivity index (χ4v) is 1.76. The molecule has 0 unspecified atom stereocenters. The highest BCUT2D eigenvalue weighted by atomic mass is 79.9. The van der Waals surface area contributed by atoms with Crippen LogP contribution in [0.1, 0.15) is 25.3 Å². The van der Waals surface area contributed by atoms with Crippen LogP contribution in [-0.2, 0) is 6.18 Å². The SMILES string of the molecule is CCCC(N)=Nc1cc(Br)cc(C(F)(F)F)c1. The third-order valence-corrected chi connectivity index (χ3v) is 2.45. The Morgan fingerprint density at radius 2 is 2.00 bits per heavy atom. The maximum absolute atomic E-state index is 12.5. The number of halogens is 4. The molecule has 0 aromatic heterocycles. The first-order valence-corrected chi connectivity index (χ1v) is 5.83. The molecule has 1 rings (SSSR count). The lowest BCUT2D eigenvalue weighted by molar-refractivity contribution is -0.137. The Balaban J connectivity index is 3.10. The maximum atomic E-state index is 12.5. The van der Waals surface area contributed by atoms with Gasteiger partial charge in [-0.1, -0.05) is 22.9 Å². The summed E-state index contributed by atoms with van der Waals surface area (Å²) in [5.74, 6) is 0.332. The number of hydrogen-bond donors (Lipinski definition) is 1. The van der Waals surface area contributed by atoms with Crippen molar-refractivity contribution in [1.29, 1.82) is 0 Å². The first-order chi connectivity index (χ1) is 7.82. The zero-order chi connectivity index (χ0) is 13.1. The highest BCUT2D eigenvalue weighted by molar-refractivity contribution is 9.10. The Morgan fingerprint density at radius 3 is 2.53 bits per heavy atom. The molecule has 0 aliphatic carbocycles. The number of hydrogen-bond acceptors (Lipinski definition) is 1. The Morgan fingerprint density at radius 1 is 1.35 bits per heavy atom. The molecule has 1 aromatic carbocycles. The predicted octanol–water partition coefficient (Wildman–Crippen LogP) is 4.26. The van der Waals surface area contributed by atoms with E-state index in [1.807, 2.05) is 6.92 Å². The number of amidine groups is 1. The summed E-state index contributed by atoms with van der Waals surface area (Å²) in [4.78, 5) is 3.95. The molecular weight excluding hydrogens is 297 g/mol. The van der Waals surface area contributed by atoms with Crippen LogP contribution in [0, 0.1) is 0 Å². The van der Waals surface area contributed by atoms with Gasteiger partial charge in [-0.25, -0.2) is 4.99 Å². The minimum absolute atomic E-state index is 0.206. The molecule has 0 aliphatic rings. The quantitative estimate of drug-likeness (QED) is 0.657. The van der Waals surface area contributed by atoms with Crippen molar-refractivity contribution >= 4 is 27.5 Å². The molecule has 6 heteroatoms. The Hall–Kier alpha value is -1.04. The maximum Gasteiger partial charge on any atom is 0.416 e. The topological polar surface area (TPSA) is 38.4 Å². The third kappa shape index (κ3) is 4.38. The van der Waals surface area contributed by atoms with E-state index in [1.165, 1.54) is 6.07 Å². The summed E-state index contributed by atoms with van der Waals surface area (Å²) in [6.45, 7) is 1.92. The Labute approximate surface area is 106 Å². The van der Waals surface area contributed by atoms with Crippen molar-refractivity contribution in [1.82, 2.24) is 0 Å². The summed E-state index contributed by atoms with van der Waals surface area (Å²) in [6.07, 6.45) is -3.02. The normalized spacial score (nSPS) is 12.9. The van der Waals surface area contributed by atoms with Crippen molar-refractivity contribution < 1.29 is 13.2 Å². The van der Waals surface area contributed by atoms with E-state index in [2.05, 4.69) is 20.9 Å². The van der Waals surface area contributed by atoms with Crippen LogP contribution in [0.2, 0.25) is 0 Å². The van der Waals surface area contributed by atoms with Crippen LogP contribution < -0.4 is 5.73 Å². The fraction of sp³-hybridized carbons (Fsp3) is 0.364. The number of benzene rings is 1. The van der Waals surface area contributed by atoms with Crippen molar-refractivity contribution in [3.8, 4) is 0 Å². The third-order valence-electron chi connectivity index (χ3n) is 1.99. The van der Waals surface area contributed by atoms with Gasteiger partial charge in [0.05, 0.1) is 17.1 Å². The molecule has 0 radical (unpaired) electrons. The molecule has 1 aromatic rings. The largest absolute Gasteiger partial charge is 0.416 e. The van der Waals surface area contributed by atoms with Gasteiger partial charge in [0, 0.05) is 10.9 Å². The van der Waals surface area contributed by atoms with E-state index in [1.54, 1.807) is 0 Å². The van der Waals surface area contributed by atoms with Gasteiger partial charge in [0.2, 0.25) is 0 Å². The highest BCUT2D eigenvalue weighted by Crippen LogP contribution is 2.34. The van der Waals surface area contributed by atoms with Crippen LogP contribution >= 0.6 is 15.9 Å². The van der Waals surface area contributed by atoms with Gasteiger partial charge in [-0.15, -0.1) is 0 Å². The van der Waals surface area contributed by atoms with E-state index in [0.29, 0.717) is 16.7 Å². The minimum atomic E-state index is -4.38. The van der Waals surface area contributed by atoms with Crippen LogP contribution in [-0.4, -0.2) is 5.84 Å². The molecule has 17 heavy (non-hydrogen) atoms. The van der Waals surface area contributed by atoms with Crippen LogP contribution in [0.3, 0.4) is 0 Å². The van der Waals surface area contributed by atoms with E-state index in [-0.39, 0.29) is 5.69 Å². The first-order valence-electron chi connectivity index (χ1n) is 5.03. The van der Waals surface area contributed by atoms with Crippen LogP contribution in [0.5, 0.6) is 0 Å². The van der Waals surface area contributed by atoms with E-state index >= 15 is 0 Å². The summed E-state index contributed by atoms with van der Waals surface area (Å²) < 4.78 is 37.9. The van der Waals surface area contributed by atoms with Crippen LogP contribution in [0.15, 0.2) is 27.7 Å². The van der Waals surface area contributed by atoms with E-state index in [0.717, 1.165) is 18.6 Å². The first kappa shape index (κ1) is 14.0. The summed E-state index contributed by atoms with van der Waals surface area (Å²) in [5, 5.41) is 0. The molecule has 0 saturated heterocycles. The summed E-state index contributed by atoms with van der Waals surface area (Å²) in [7, 11) is 0.